The van der Waals surface area contributed by atoms with Gasteiger partial charge in [-0.3, -0.25) is 9.69 Å². The molecular formula is C15H28ClN3O. The lowest BCUT2D eigenvalue weighted by atomic mass is 10.2. The van der Waals surface area contributed by atoms with E-state index >= 15 is 0 Å². The summed E-state index contributed by atoms with van der Waals surface area (Å²) in [6, 6.07) is 0.498. The molecule has 20 heavy (non-hydrogen) atoms. The van der Waals surface area contributed by atoms with Gasteiger partial charge in [-0.25, -0.2) is 0 Å². The molecule has 1 amide bonds. The molecule has 0 saturated carbocycles. The van der Waals surface area contributed by atoms with Crippen LogP contribution in [-0.2, 0) is 4.79 Å². The van der Waals surface area contributed by atoms with Gasteiger partial charge in [0.25, 0.3) is 0 Å². The van der Waals surface area contributed by atoms with E-state index in [1.165, 1.54) is 0 Å². The van der Waals surface area contributed by atoms with Crippen molar-refractivity contribution in [3.05, 3.63) is 25.3 Å². The SMILES string of the molecule is C=CCN(CC=C)C(=O)CN(CCC)C1CCNC1.Cl. The van der Waals surface area contributed by atoms with Crippen molar-refractivity contribution in [1.29, 1.82) is 0 Å². The van der Waals surface area contributed by atoms with Crippen molar-refractivity contribution in [2.24, 2.45) is 0 Å². The van der Waals surface area contributed by atoms with E-state index in [4.69, 9.17) is 0 Å². The Morgan fingerprint density at radius 2 is 2.00 bits per heavy atom. The molecule has 1 rings (SSSR count). The predicted molar refractivity (Wildman–Crippen MR) is 87.4 cm³/mol. The standard InChI is InChI=1S/C15H27N3O.ClH/c1-4-9-17(10-5-2)15(19)13-18(11-6-3)14-7-8-16-12-14;/h4-5,14,16H,1-2,6-13H2,3H3;1H. The maximum absolute atomic E-state index is 12.3. The van der Waals surface area contributed by atoms with E-state index in [-0.39, 0.29) is 18.3 Å². The zero-order chi connectivity index (χ0) is 14.1. The number of nitrogens with one attached hydrogen (secondary N) is 1. The molecule has 116 valence electrons. The highest BCUT2D eigenvalue weighted by Crippen LogP contribution is 2.09. The van der Waals surface area contributed by atoms with Crippen molar-refractivity contribution < 1.29 is 4.79 Å². The van der Waals surface area contributed by atoms with Gasteiger partial charge in [0.05, 0.1) is 6.54 Å². The Hall–Kier alpha value is -0.840. The van der Waals surface area contributed by atoms with Gasteiger partial charge in [-0.05, 0) is 25.9 Å². The van der Waals surface area contributed by atoms with Crippen molar-refractivity contribution in [3.8, 4) is 0 Å². The number of nitrogens with zero attached hydrogens (tertiary/aromatic N) is 2. The average Bonchev–Trinajstić information content (AvgIpc) is 2.91. The van der Waals surface area contributed by atoms with Gasteiger partial charge in [0.2, 0.25) is 5.91 Å². The maximum atomic E-state index is 12.3. The number of rotatable bonds is 9. The van der Waals surface area contributed by atoms with Crippen molar-refractivity contribution in [1.82, 2.24) is 15.1 Å². The second-order valence-corrected chi connectivity index (χ2v) is 4.99. The lowest BCUT2D eigenvalue weighted by Crippen LogP contribution is -2.45. The largest absolute Gasteiger partial charge is 0.334 e. The van der Waals surface area contributed by atoms with E-state index in [0.717, 1.165) is 32.5 Å². The second kappa shape index (κ2) is 10.9. The molecule has 0 aromatic carbocycles. The van der Waals surface area contributed by atoms with Gasteiger partial charge in [0, 0.05) is 25.7 Å². The number of carbonyl (C=O) groups excluding carboxylic acids is 1. The molecule has 0 aromatic rings. The van der Waals surface area contributed by atoms with Gasteiger partial charge in [0.15, 0.2) is 0 Å². The molecule has 5 heteroatoms. The van der Waals surface area contributed by atoms with E-state index in [2.05, 4.69) is 30.3 Å². The Bertz CT molecular complexity index is 293. The van der Waals surface area contributed by atoms with Crippen molar-refractivity contribution in [3.63, 3.8) is 0 Å². The topological polar surface area (TPSA) is 35.6 Å². The molecule has 1 heterocycles. The lowest BCUT2D eigenvalue weighted by molar-refractivity contribution is -0.131. The van der Waals surface area contributed by atoms with Gasteiger partial charge in [0.1, 0.15) is 0 Å². The first-order valence-corrected chi connectivity index (χ1v) is 7.17. The van der Waals surface area contributed by atoms with Crippen LogP contribution in [0.2, 0.25) is 0 Å². The van der Waals surface area contributed by atoms with Gasteiger partial charge in [-0.1, -0.05) is 19.1 Å². The monoisotopic (exact) mass is 301 g/mol. The summed E-state index contributed by atoms with van der Waals surface area (Å²) in [7, 11) is 0. The molecular weight excluding hydrogens is 274 g/mol. The van der Waals surface area contributed by atoms with E-state index in [1.54, 1.807) is 17.1 Å². The van der Waals surface area contributed by atoms with Gasteiger partial charge < -0.3 is 10.2 Å². The van der Waals surface area contributed by atoms with Crippen LogP contribution in [-0.4, -0.2) is 61.0 Å². The number of hydrogen-bond donors (Lipinski definition) is 1. The molecule has 1 saturated heterocycles. The van der Waals surface area contributed by atoms with E-state index in [0.29, 0.717) is 25.7 Å². The third kappa shape index (κ3) is 6.07. The van der Waals surface area contributed by atoms with Crippen LogP contribution in [0.5, 0.6) is 0 Å². The van der Waals surface area contributed by atoms with Crippen LogP contribution in [0.3, 0.4) is 0 Å². The fourth-order valence-corrected chi connectivity index (χ4v) is 2.49. The average molecular weight is 302 g/mol. The van der Waals surface area contributed by atoms with Crippen molar-refractivity contribution in [2.75, 3.05) is 39.3 Å². The first-order chi connectivity index (χ1) is 9.22. The van der Waals surface area contributed by atoms with Crippen LogP contribution in [0.4, 0.5) is 0 Å². The molecule has 0 radical (unpaired) electrons. The quantitative estimate of drug-likeness (QED) is 0.658. The number of hydrogen-bond acceptors (Lipinski definition) is 3. The number of halogens is 1. The minimum absolute atomic E-state index is 0. The summed E-state index contributed by atoms with van der Waals surface area (Å²) in [5.74, 6) is 0.167. The predicted octanol–water partition coefficient (Wildman–Crippen LogP) is 1.68. The Kier molecular flexibility index (Phi) is 10.4. The van der Waals surface area contributed by atoms with Crippen molar-refractivity contribution in [2.45, 2.75) is 25.8 Å². The van der Waals surface area contributed by atoms with Crippen LogP contribution in [0, 0.1) is 0 Å². The first-order valence-electron chi connectivity index (χ1n) is 7.17. The zero-order valence-corrected chi connectivity index (χ0v) is 13.3. The fourth-order valence-electron chi connectivity index (χ4n) is 2.49. The first kappa shape index (κ1) is 19.2. The molecule has 1 unspecified atom stereocenters. The van der Waals surface area contributed by atoms with Crippen LogP contribution in [0.15, 0.2) is 25.3 Å². The lowest BCUT2D eigenvalue weighted by Gasteiger charge is -2.30. The highest BCUT2D eigenvalue weighted by atomic mass is 35.5. The molecule has 1 fully saturated rings. The highest BCUT2D eigenvalue weighted by Gasteiger charge is 2.24. The van der Waals surface area contributed by atoms with Crippen molar-refractivity contribution >= 4 is 18.3 Å². The van der Waals surface area contributed by atoms with Crippen LogP contribution in [0.25, 0.3) is 0 Å². The Morgan fingerprint density at radius 3 is 2.45 bits per heavy atom. The number of amides is 1. The van der Waals surface area contributed by atoms with E-state index < -0.39 is 0 Å². The number of carbonyl (C=O) groups is 1. The second-order valence-electron chi connectivity index (χ2n) is 4.99. The molecule has 1 N–H and O–H groups in total. The van der Waals surface area contributed by atoms with Crippen LogP contribution < -0.4 is 5.32 Å². The molecule has 0 aliphatic carbocycles. The third-order valence-corrected chi connectivity index (χ3v) is 3.45. The minimum atomic E-state index is 0. The van der Waals surface area contributed by atoms with Gasteiger partial charge >= 0.3 is 0 Å². The van der Waals surface area contributed by atoms with E-state index in [1.807, 2.05) is 0 Å². The summed E-state index contributed by atoms with van der Waals surface area (Å²) in [4.78, 5) is 16.4. The smallest absolute Gasteiger partial charge is 0.237 e. The summed E-state index contributed by atoms with van der Waals surface area (Å²) < 4.78 is 0. The molecule has 0 spiro atoms. The highest BCUT2D eigenvalue weighted by molar-refractivity contribution is 5.85. The summed E-state index contributed by atoms with van der Waals surface area (Å²) in [6.07, 6.45) is 5.74. The third-order valence-electron chi connectivity index (χ3n) is 3.45. The summed E-state index contributed by atoms with van der Waals surface area (Å²) >= 11 is 0. The summed E-state index contributed by atoms with van der Waals surface area (Å²) in [5.41, 5.74) is 0. The van der Waals surface area contributed by atoms with Gasteiger partial charge in [-0.2, -0.15) is 0 Å². The van der Waals surface area contributed by atoms with Crippen LogP contribution in [0.1, 0.15) is 19.8 Å². The minimum Gasteiger partial charge on any atom is -0.334 e. The normalized spacial score (nSPS) is 17.6. The molecule has 1 aliphatic rings. The Labute approximate surface area is 129 Å². The van der Waals surface area contributed by atoms with Gasteiger partial charge in [-0.15, -0.1) is 25.6 Å². The van der Waals surface area contributed by atoms with E-state index in [9.17, 15) is 4.79 Å². The van der Waals surface area contributed by atoms with Crippen LogP contribution >= 0.6 is 12.4 Å². The Balaban J connectivity index is 0.00000361. The Morgan fingerprint density at radius 1 is 1.35 bits per heavy atom. The molecule has 1 atom stereocenters. The zero-order valence-electron chi connectivity index (χ0n) is 12.5. The summed E-state index contributed by atoms with van der Waals surface area (Å²) in [6.45, 7) is 14.3. The fraction of sp³-hybridized carbons (Fsp3) is 0.667. The molecule has 0 aromatic heterocycles. The molecule has 4 nitrogen and oxygen atoms in total. The molecule has 0 bridgehead atoms. The maximum Gasteiger partial charge on any atom is 0.237 e. The summed E-state index contributed by atoms with van der Waals surface area (Å²) in [5, 5.41) is 3.37. The molecule has 1 aliphatic heterocycles.